The number of alkyl halides is 3. The Kier molecular flexibility index (Phi) is 4.88. The first-order chi connectivity index (χ1) is 6.29. The molecule has 0 saturated heterocycles. The Morgan fingerprint density at radius 3 is 1.86 bits per heavy atom. The summed E-state index contributed by atoms with van der Waals surface area (Å²) in [5, 5.41) is 7.03. The van der Waals surface area contributed by atoms with E-state index in [0.717, 1.165) is 13.0 Å². The van der Waals surface area contributed by atoms with Crippen LogP contribution in [0.5, 0.6) is 0 Å². The molecule has 0 radical (unpaired) electrons. The molecule has 0 aromatic heterocycles. The lowest BCUT2D eigenvalue weighted by atomic mass is 9.95. The summed E-state index contributed by atoms with van der Waals surface area (Å²) in [7, 11) is 0. The topological polar surface area (TPSA) is 23.9 Å². The third-order valence-electron chi connectivity index (χ3n) is 2.10. The van der Waals surface area contributed by atoms with Crippen LogP contribution in [-0.2, 0) is 0 Å². The van der Waals surface area contributed by atoms with Crippen LogP contribution in [0.4, 0.5) is 13.2 Å². The van der Waals surface area contributed by atoms with Gasteiger partial charge in [-0.1, -0.05) is 32.9 Å². The molecule has 0 aliphatic rings. The number of halogens is 3. The van der Waals surface area contributed by atoms with Crippen LogP contribution >= 0.6 is 0 Å². The van der Waals surface area contributed by atoms with Crippen LogP contribution in [0.25, 0.3) is 0 Å². The lowest BCUT2D eigenvalue weighted by molar-refractivity contribution is -0.156. The highest BCUT2D eigenvalue weighted by Crippen LogP contribution is 2.27. The lowest BCUT2D eigenvalue weighted by Gasteiger charge is -2.14. The number of hydrogen-bond acceptors (Lipinski definition) is 1. The quantitative estimate of drug-likeness (QED) is 0.537. The van der Waals surface area contributed by atoms with Crippen LogP contribution in [0.2, 0.25) is 0 Å². The van der Waals surface area contributed by atoms with Crippen molar-refractivity contribution >= 4 is 6.21 Å². The van der Waals surface area contributed by atoms with Crippen LogP contribution in [0.3, 0.4) is 0 Å². The van der Waals surface area contributed by atoms with Crippen molar-refractivity contribution in [1.29, 1.82) is 5.41 Å². The summed E-state index contributed by atoms with van der Waals surface area (Å²) in [6.45, 7) is 4.86. The van der Waals surface area contributed by atoms with Gasteiger partial charge in [-0.25, -0.2) is 0 Å². The molecule has 1 N–H and O–H groups in total. The van der Waals surface area contributed by atoms with Crippen molar-refractivity contribution in [1.82, 2.24) is 0 Å². The van der Waals surface area contributed by atoms with Crippen LogP contribution < -0.4 is 0 Å². The standard InChI is InChI=1S/C10H16F3N/c1-7(2)9(6-14)5-4-8(3)10(11,12)13/h4-9,14H,1-3H3. The molecule has 14 heavy (non-hydrogen) atoms. The normalized spacial score (nSPS) is 17.4. The molecule has 0 aliphatic carbocycles. The molecular formula is C10H16F3N. The summed E-state index contributed by atoms with van der Waals surface area (Å²) in [5.41, 5.74) is 0. The highest BCUT2D eigenvalue weighted by Gasteiger charge is 2.33. The first-order valence-corrected chi connectivity index (χ1v) is 4.54. The zero-order chi connectivity index (χ0) is 11.4. The molecule has 0 heterocycles. The summed E-state index contributed by atoms with van der Waals surface area (Å²) in [5.74, 6) is -1.49. The van der Waals surface area contributed by atoms with E-state index in [1.54, 1.807) is 0 Å². The predicted molar refractivity (Wildman–Crippen MR) is 51.5 cm³/mol. The van der Waals surface area contributed by atoms with Crippen LogP contribution in [-0.4, -0.2) is 12.4 Å². The fraction of sp³-hybridized carbons (Fsp3) is 0.700. The molecule has 2 atom stereocenters. The van der Waals surface area contributed by atoms with Gasteiger partial charge in [-0.2, -0.15) is 13.2 Å². The van der Waals surface area contributed by atoms with Crippen molar-refractivity contribution in [3.05, 3.63) is 12.2 Å². The van der Waals surface area contributed by atoms with Gasteiger partial charge in [-0.15, -0.1) is 0 Å². The van der Waals surface area contributed by atoms with Gasteiger partial charge in [0, 0.05) is 12.1 Å². The molecule has 0 fully saturated rings. The van der Waals surface area contributed by atoms with Crippen molar-refractivity contribution in [2.75, 3.05) is 0 Å². The van der Waals surface area contributed by atoms with Gasteiger partial charge in [0.2, 0.25) is 0 Å². The Hall–Kier alpha value is -0.800. The maximum atomic E-state index is 12.1. The highest BCUT2D eigenvalue weighted by atomic mass is 19.4. The fourth-order valence-corrected chi connectivity index (χ4v) is 0.874. The van der Waals surface area contributed by atoms with Gasteiger partial charge in [-0.3, -0.25) is 0 Å². The van der Waals surface area contributed by atoms with Gasteiger partial charge in [0.15, 0.2) is 0 Å². The van der Waals surface area contributed by atoms with Gasteiger partial charge in [-0.05, 0) is 5.92 Å². The van der Waals surface area contributed by atoms with E-state index in [1.165, 1.54) is 12.3 Å². The van der Waals surface area contributed by atoms with Crippen molar-refractivity contribution in [2.24, 2.45) is 17.8 Å². The second kappa shape index (κ2) is 5.17. The molecule has 0 spiro atoms. The molecule has 1 nitrogen and oxygen atoms in total. The van der Waals surface area contributed by atoms with E-state index in [0.29, 0.717) is 0 Å². The van der Waals surface area contributed by atoms with Gasteiger partial charge >= 0.3 is 6.18 Å². The molecule has 2 unspecified atom stereocenters. The first-order valence-electron chi connectivity index (χ1n) is 4.54. The molecular weight excluding hydrogens is 191 g/mol. The third kappa shape index (κ3) is 4.44. The van der Waals surface area contributed by atoms with Crippen molar-refractivity contribution < 1.29 is 13.2 Å². The van der Waals surface area contributed by atoms with E-state index in [2.05, 4.69) is 0 Å². The molecule has 0 aromatic rings. The number of hydrogen-bond donors (Lipinski definition) is 1. The second-order valence-corrected chi connectivity index (χ2v) is 3.70. The van der Waals surface area contributed by atoms with Crippen molar-refractivity contribution in [3.8, 4) is 0 Å². The Bertz CT molecular complexity index is 206. The van der Waals surface area contributed by atoms with Crippen molar-refractivity contribution in [2.45, 2.75) is 26.9 Å². The minimum absolute atomic E-state index is 0.157. The highest BCUT2D eigenvalue weighted by molar-refractivity contribution is 5.59. The smallest absolute Gasteiger partial charge is 0.312 e. The molecule has 82 valence electrons. The first kappa shape index (κ1) is 13.2. The minimum atomic E-state index is -4.18. The fourth-order valence-electron chi connectivity index (χ4n) is 0.874. The Morgan fingerprint density at radius 2 is 1.57 bits per heavy atom. The molecule has 0 amide bonds. The third-order valence-corrected chi connectivity index (χ3v) is 2.10. The van der Waals surface area contributed by atoms with Crippen molar-refractivity contribution in [3.63, 3.8) is 0 Å². The predicted octanol–water partition coefficient (Wildman–Crippen LogP) is 3.66. The summed E-state index contributed by atoms with van der Waals surface area (Å²) in [4.78, 5) is 0. The molecule has 0 aromatic carbocycles. The van der Waals surface area contributed by atoms with E-state index >= 15 is 0 Å². The van der Waals surface area contributed by atoms with E-state index in [9.17, 15) is 13.2 Å². The van der Waals surface area contributed by atoms with Crippen LogP contribution in [0.1, 0.15) is 20.8 Å². The zero-order valence-corrected chi connectivity index (χ0v) is 8.60. The largest absolute Gasteiger partial charge is 0.394 e. The average Bonchev–Trinajstić information content (AvgIpc) is 2.02. The summed E-state index contributed by atoms with van der Waals surface area (Å²) >= 11 is 0. The average molecular weight is 207 g/mol. The van der Waals surface area contributed by atoms with E-state index in [4.69, 9.17) is 5.41 Å². The maximum absolute atomic E-state index is 12.1. The Labute approximate surface area is 82.5 Å². The molecule has 0 aliphatic heterocycles. The van der Waals surface area contributed by atoms with Crippen LogP contribution in [0.15, 0.2) is 12.2 Å². The van der Waals surface area contributed by atoms with Crippen LogP contribution in [0, 0.1) is 23.2 Å². The second-order valence-electron chi connectivity index (χ2n) is 3.70. The Balaban J connectivity index is 4.35. The lowest BCUT2D eigenvalue weighted by Crippen LogP contribution is -2.18. The number of rotatable bonds is 4. The van der Waals surface area contributed by atoms with E-state index < -0.39 is 12.1 Å². The van der Waals surface area contributed by atoms with Gasteiger partial charge in [0.05, 0.1) is 5.92 Å². The summed E-state index contributed by atoms with van der Waals surface area (Å²) < 4.78 is 36.3. The van der Waals surface area contributed by atoms with Gasteiger partial charge in [0.1, 0.15) is 0 Å². The molecule has 0 bridgehead atoms. The molecule has 0 rings (SSSR count). The van der Waals surface area contributed by atoms with Gasteiger partial charge in [0.25, 0.3) is 0 Å². The van der Waals surface area contributed by atoms with E-state index in [-0.39, 0.29) is 11.8 Å². The maximum Gasteiger partial charge on any atom is 0.394 e. The number of allylic oxidation sites excluding steroid dienone is 2. The minimum Gasteiger partial charge on any atom is -0.312 e. The summed E-state index contributed by atoms with van der Waals surface area (Å²) in [6, 6.07) is 0. The Morgan fingerprint density at radius 1 is 1.07 bits per heavy atom. The van der Waals surface area contributed by atoms with E-state index in [1.807, 2.05) is 13.8 Å². The SMILES string of the molecule is CC(C)C(C=N)C=CC(C)C(F)(F)F. The molecule has 0 saturated carbocycles. The monoisotopic (exact) mass is 207 g/mol. The molecule has 4 heteroatoms. The zero-order valence-electron chi connectivity index (χ0n) is 8.60. The summed E-state index contributed by atoms with van der Waals surface area (Å²) in [6.07, 6.45) is -0.435. The van der Waals surface area contributed by atoms with Gasteiger partial charge < -0.3 is 5.41 Å². The number of nitrogens with one attached hydrogen (secondary N) is 1.